The van der Waals surface area contributed by atoms with Gasteiger partial charge in [-0.15, -0.1) is 0 Å². The van der Waals surface area contributed by atoms with Crippen molar-refractivity contribution in [2.45, 2.75) is 19.9 Å². The average Bonchev–Trinajstić information content (AvgIpc) is 2.63. The van der Waals surface area contributed by atoms with E-state index in [1.165, 1.54) is 4.90 Å². The van der Waals surface area contributed by atoms with Crippen molar-refractivity contribution < 1.29 is 13.9 Å². The van der Waals surface area contributed by atoms with Gasteiger partial charge in [0.15, 0.2) is 0 Å². The SMILES string of the molecule is CCOC(=O)N1CCc2c(oc(N)c2C#N)C1. The molecule has 90 valence electrons. The summed E-state index contributed by atoms with van der Waals surface area (Å²) in [6.45, 7) is 2.91. The minimum atomic E-state index is -0.369. The first-order chi connectivity index (χ1) is 8.17. The van der Waals surface area contributed by atoms with E-state index in [4.69, 9.17) is 20.1 Å². The maximum atomic E-state index is 11.5. The van der Waals surface area contributed by atoms with Crippen LogP contribution in [0.3, 0.4) is 0 Å². The third-order valence-corrected chi connectivity index (χ3v) is 2.72. The summed E-state index contributed by atoms with van der Waals surface area (Å²) in [6.07, 6.45) is 0.198. The molecule has 0 spiro atoms. The number of nitrogen functional groups attached to an aromatic ring is 1. The largest absolute Gasteiger partial charge is 0.450 e. The zero-order valence-corrected chi connectivity index (χ0v) is 9.52. The molecule has 0 radical (unpaired) electrons. The minimum absolute atomic E-state index is 0.128. The number of fused-ring (bicyclic) bond motifs is 1. The van der Waals surface area contributed by atoms with Crippen molar-refractivity contribution in [2.75, 3.05) is 18.9 Å². The van der Waals surface area contributed by atoms with E-state index in [0.717, 1.165) is 5.56 Å². The summed E-state index contributed by atoms with van der Waals surface area (Å²) in [7, 11) is 0. The molecule has 2 N–H and O–H groups in total. The average molecular weight is 235 g/mol. The van der Waals surface area contributed by atoms with Crippen molar-refractivity contribution >= 4 is 12.0 Å². The normalized spacial score (nSPS) is 14.0. The Kier molecular flexibility index (Phi) is 2.91. The van der Waals surface area contributed by atoms with E-state index >= 15 is 0 Å². The van der Waals surface area contributed by atoms with E-state index in [9.17, 15) is 4.79 Å². The Morgan fingerprint density at radius 3 is 3.12 bits per heavy atom. The third-order valence-electron chi connectivity index (χ3n) is 2.72. The minimum Gasteiger partial charge on any atom is -0.450 e. The number of nitrogens with zero attached hydrogens (tertiary/aromatic N) is 2. The van der Waals surface area contributed by atoms with E-state index in [1.807, 2.05) is 6.07 Å². The highest BCUT2D eigenvalue weighted by atomic mass is 16.6. The second-order valence-corrected chi connectivity index (χ2v) is 3.73. The lowest BCUT2D eigenvalue weighted by atomic mass is 10.0. The molecule has 0 fully saturated rings. The Hall–Kier alpha value is -2.16. The zero-order chi connectivity index (χ0) is 12.4. The number of furan rings is 1. The molecule has 2 heterocycles. The number of carbonyl (C=O) groups is 1. The van der Waals surface area contributed by atoms with Crippen molar-refractivity contribution in [3.63, 3.8) is 0 Å². The van der Waals surface area contributed by atoms with Crippen molar-refractivity contribution in [1.29, 1.82) is 5.26 Å². The van der Waals surface area contributed by atoms with Crippen LogP contribution in [-0.4, -0.2) is 24.1 Å². The topological polar surface area (TPSA) is 92.5 Å². The Bertz CT molecular complexity index is 487. The van der Waals surface area contributed by atoms with Crippen LogP contribution in [0, 0.1) is 11.3 Å². The lowest BCUT2D eigenvalue weighted by molar-refractivity contribution is 0.0992. The van der Waals surface area contributed by atoms with Gasteiger partial charge in [0.2, 0.25) is 5.88 Å². The molecule has 6 nitrogen and oxygen atoms in total. The number of amides is 1. The Balaban J connectivity index is 2.21. The first-order valence-corrected chi connectivity index (χ1v) is 5.39. The number of carbonyl (C=O) groups excluding carboxylic acids is 1. The highest BCUT2D eigenvalue weighted by Gasteiger charge is 2.28. The molecular weight excluding hydrogens is 222 g/mol. The molecule has 1 aliphatic rings. The first kappa shape index (κ1) is 11.3. The van der Waals surface area contributed by atoms with Crippen LogP contribution in [0.15, 0.2) is 4.42 Å². The number of nitrogens with two attached hydrogens (primary N) is 1. The molecule has 0 aliphatic carbocycles. The molecule has 0 atom stereocenters. The fraction of sp³-hybridized carbons (Fsp3) is 0.455. The van der Waals surface area contributed by atoms with Crippen molar-refractivity contribution in [1.82, 2.24) is 4.90 Å². The summed E-state index contributed by atoms with van der Waals surface area (Å²) in [4.78, 5) is 13.1. The summed E-state index contributed by atoms with van der Waals surface area (Å²) < 4.78 is 10.2. The maximum absolute atomic E-state index is 11.5. The molecule has 0 aromatic carbocycles. The van der Waals surface area contributed by atoms with Crippen LogP contribution in [-0.2, 0) is 17.7 Å². The molecule has 1 aliphatic heterocycles. The van der Waals surface area contributed by atoms with E-state index < -0.39 is 0 Å². The van der Waals surface area contributed by atoms with Crippen LogP contribution >= 0.6 is 0 Å². The maximum Gasteiger partial charge on any atom is 0.410 e. The van der Waals surface area contributed by atoms with Crippen LogP contribution < -0.4 is 5.73 Å². The molecule has 6 heteroatoms. The van der Waals surface area contributed by atoms with Crippen molar-refractivity contribution in [2.24, 2.45) is 0 Å². The van der Waals surface area contributed by atoms with Gasteiger partial charge >= 0.3 is 6.09 Å². The molecule has 1 aromatic rings. The van der Waals surface area contributed by atoms with Gasteiger partial charge in [-0.25, -0.2) is 4.79 Å². The second kappa shape index (κ2) is 4.37. The summed E-state index contributed by atoms with van der Waals surface area (Å²) in [5, 5.41) is 8.93. The van der Waals surface area contributed by atoms with Gasteiger partial charge in [-0.2, -0.15) is 5.26 Å². The summed E-state index contributed by atoms with van der Waals surface area (Å²) in [5.41, 5.74) is 6.79. The van der Waals surface area contributed by atoms with Crippen LogP contribution in [0.5, 0.6) is 0 Å². The molecule has 0 unspecified atom stereocenters. The van der Waals surface area contributed by atoms with Gasteiger partial charge < -0.3 is 19.8 Å². The Labute approximate surface area is 98.5 Å². The Morgan fingerprint density at radius 2 is 2.47 bits per heavy atom. The molecule has 2 rings (SSSR count). The zero-order valence-electron chi connectivity index (χ0n) is 9.52. The Morgan fingerprint density at radius 1 is 1.71 bits per heavy atom. The lowest BCUT2D eigenvalue weighted by Crippen LogP contribution is -2.36. The molecular formula is C11H13N3O3. The smallest absolute Gasteiger partial charge is 0.410 e. The van der Waals surface area contributed by atoms with Gasteiger partial charge in [-0.3, -0.25) is 0 Å². The monoisotopic (exact) mass is 235 g/mol. The van der Waals surface area contributed by atoms with Gasteiger partial charge in [0.1, 0.15) is 17.4 Å². The van der Waals surface area contributed by atoms with Gasteiger partial charge in [-0.1, -0.05) is 0 Å². The van der Waals surface area contributed by atoms with E-state index in [2.05, 4.69) is 0 Å². The quantitative estimate of drug-likeness (QED) is 0.790. The van der Waals surface area contributed by atoms with Crippen LogP contribution in [0.25, 0.3) is 0 Å². The predicted molar refractivity (Wildman–Crippen MR) is 59.0 cm³/mol. The van der Waals surface area contributed by atoms with Gasteiger partial charge in [0.25, 0.3) is 0 Å². The third kappa shape index (κ3) is 1.91. The molecule has 0 saturated carbocycles. The first-order valence-electron chi connectivity index (χ1n) is 5.39. The lowest BCUT2D eigenvalue weighted by Gasteiger charge is -2.24. The fourth-order valence-electron chi connectivity index (χ4n) is 1.92. The number of nitriles is 1. The van der Waals surface area contributed by atoms with E-state index in [1.54, 1.807) is 6.92 Å². The van der Waals surface area contributed by atoms with Crippen LogP contribution in [0.1, 0.15) is 23.8 Å². The summed E-state index contributed by atoms with van der Waals surface area (Å²) in [5.74, 6) is 0.710. The molecule has 1 amide bonds. The highest BCUT2D eigenvalue weighted by Crippen LogP contribution is 2.29. The van der Waals surface area contributed by atoms with Gasteiger partial charge in [-0.05, 0) is 13.3 Å². The number of anilines is 1. The second-order valence-electron chi connectivity index (χ2n) is 3.73. The number of ether oxygens (including phenoxy) is 1. The summed E-state index contributed by atoms with van der Waals surface area (Å²) in [6, 6.07) is 2.02. The van der Waals surface area contributed by atoms with Crippen LogP contribution in [0.4, 0.5) is 10.7 Å². The molecule has 0 bridgehead atoms. The van der Waals surface area contributed by atoms with E-state index in [-0.39, 0.29) is 12.0 Å². The van der Waals surface area contributed by atoms with E-state index in [0.29, 0.717) is 37.4 Å². The predicted octanol–water partition coefficient (Wildman–Crippen LogP) is 1.25. The highest BCUT2D eigenvalue weighted by molar-refractivity contribution is 5.68. The van der Waals surface area contributed by atoms with Crippen molar-refractivity contribution in [3.05, 3.63) is 16.9 Å². The molecule has 1 aromatic heterocycles. The summed E-state index contributed by atoms with van der Waals surface area (Å²) >= 11 is 0. The van der Waals surface area contributed by atoms with Gasteiger partial charge in [0, 0.05) is 12.1 Å². The van der Waals surface area contributed by atoms with Gasteiger partial charge in [0.05, 0.1) is 13.2 Å². The molecule has 17 heavy (non-hydrogen) atoms. The number of hydrogen-bond acceptors (Lipinski definition) is 5. The standard InChI is InChI=1S/C11H13N3O3/c1-2-16-11(15)14-4-3-7-8(5-12)10(13)17-9(7)6-14/h2-4,6,13H2,1H3. The number of rotatable bonds is 1. The molecule has 0 saturated heterocycles. The number of hydrogen-bond donors (Lipinski definition) is 1. The van der Waals surface area contributed by atoms with Crippen molar-refractivity contribution in [3.8, 4) is 6.07 Å². The van der Waals surface area contributed by atoms with Crippen LogP contribution in [0.2, 0.25) is 0 Å². The fourth-order valence-corrected chi connectivity index (χ4v) is 1.92.